The third kappa shape index (κ3) is 6.00. The first kappa shape index (κ1) is 27.9. The summed E-state index contributed by atoms with van der Waals surface area (Å²) >= 11 is 0. The van der Waals surface area contributed by atoms with Crippen LogP contribution in [0, 0.1) is 0 Å². The number of aliphatic carboxylic acids is 1. The fourth-order valence-corrected chi connectivity index (χ4v) is 4.76. The molecular weight excluding hydrogens is 450 g/mol. The molecule has 2 saturated carbocycles. The molecule has 1 N–H and O–H groups in total. The molecule has 2 aliphatic rings. The van der Waals surface area contributed by atoms with Crippen LogP contribution in [-0.2, 0) is 25.2 Å². The molecule has 0 atom stereocenters. The number of hydrogen-bond acceptors (Lipinski definition) is 4. The van der Waals surface area contributed by atoms with Gasteiger partial charge in [0.25, 0.3) is 0 Å². The quantitative estimate of drug-likeness (QED) is 0.466. The first-order valence-electron chi connectivity index (χ1n) is 12.2. The predicted octanol–water partition coefficient (Wildman–Crippen LogP) is 5.61. The van der Waals surface area contributed by atoms with Crippen molar-refractivity contribution in [2.24, 2.45) is 0 Å². The van der Waals surface area contributed by atoms with Crippen LogP contribution >= 0.6 is 12.4 Å². The highest BCUT2D eigenvalue weighted by atomic mass is 35.5. The van der Waals surface area contributed by atoms with Crippen LogP contribution in [0.3, 0.4) is 0 Å². The Morgan fingerprint density at radius 2 is 1.26 bits per heavy atom. The molecule has 0 spiro atoms. The average Bonchev–Trinajstić information content (AvgIpc) is 2.77. The Kier molecular flexibility index (Phi) is 10.6. The minimum Gasteiger partial charge on any atom is -0.481 e. The highest BCUT2D eigenvalue weighted by Crippen LogP contribution is 2.45. The van der Waals surface area contributed by atoms with E-state index in [1.165, 1.54) is 0 Å². The largest absolute Gasteiger partial charge is 0.481 e. The van der Waals surface area contributed by atoms with Gasteiger partial charge < -0.3 is 14.7 Å². The maximum absolute atomic E-state index is 12.5. The highest BCUT2D eigenvalue weighted by Gasteiger charge is 2.47. The normalized spacial score (nSPS) is 17.1. The van der Waals surface area contributed by atoms with Crippen molar-refractivity contribution in [1.29, 1.82) is 0 Å². The lowest BCUT2D eigenvalue weighted by atomic mass is 9.64. The van der Waals surface area contributed by atoms with Crippen LogP contribution in [0.4, 0.5) is 0 Å². The lowest BCUT2D eigenvalue weighted by Gasteiger charge is -2.39. The number of nitrogens with zero attached hydrogens (tertiary/aromatic N) is 1. The summed E-state index contributed by atoms with van der Waals surface area (Å²) in [4.78, 5) is 25.8. The molecule has 0 radical (unpaired) electrons. The SMILES string of the molecule is CCN(CC)CCOC(=O)C1(c2ccccc2)CCC1.Cl.O=C(O)C1(c2ccccc2)CCC1. The zero-order valence-corrected chi connectivity index (χ0v) is 21.2. The summed E-state index contributed by atoms with van der Waals surface area (Å²) in [5, 5.41) is 9.14. The minimum atomic E-state index is -0.676. The van der Waals surface area contributed by atoms with Crippen LogP contribution in [0.25, 0.3) is 0 Å². The number of halogens is 1. The Morgan fingerprint density at radius 1 is 0.824 bits per heavy atom. The van der Waals surface area contributed by atoms with Gasteiger partial charge in [0.05, 0.1) is 10.8 Å². The number of carbonyl (C=O) groups excluding carboxylic acids is 1. The summed E-state index contributed by atoms with van der Waals surface area (Å²) in [5.74, 6) is -0.716. The second kappa shape index (κ2) is 12.9. The van der Waals surface area contributed by atoms with Gasteiger partial charge in [-0.05, 0) is 49.9 Å². The Hall–Kier alpha value is -2.37. The van der Waals surface area contributed by atoms with Crippen molar-refractivity contribution >= 4 is 24.3 Å². The van der Waals surface area contributed by atoms with Crippen molar-refractivity contribution < 1.29 is 19.4 Å². The summed E-state index contributed by atoms with van der Waals surface area (Å²) in [6.07, 6.45) is 5.54. The molecule has 0 unspecified atom stereocenters. The number of benzene rings is 2. The molecule has 5 nitrogen and oxygen atoms in total. The molecule has 6 heteroatoms. The average molecular weight is 488 g/mol. The van der Waals surface area contributed by atoms with Gasteiger partial charge in [-0.3, -0.25) is 9.59 Å². The van der Waals surface area contributed by atoms with Crippen molar-refractivity contribution in [2.45, 2.75) is 63.2 Å². The van der Waals surface area contributed by atoms with Gasteiger partial charge in [0.2, 0.25) is 0 Å². The highest BCUT2D eigenvalue weighted by molar-refractivity contribution is 5.85. The number of rotatable bonds is 9. The Morgan fingerprint density at radius 3 is 1.62 bits per heavy atom. The van der Waals surface area contributed by atoms with Gasteiger partial charge in [-0.15, -0.1) is 12.4 Å². The van der Waals surface area contributed by atoms with Crippen LogP contribution in [0.2, 0.25) is 0 Å². The molecule has 2 aromatic carbocycles. The van der Waals surface area contributed by atoms with E-state index in [1.807, 2.05) is 60.7 Å². The van der Waals surface area contributed by atoms with Crippen LogP contribution in [0.1, 0.15) is 63.5 Å². The maximum Gasteiger partial charge on any atom is 0.316 e. The van der Waals surface area contributed by atoms with Crippen LogP contribution in [0.15, 0.2) is 60.7 Å². The molecule has 0 aliphatic heterocycles. The summed E-state index contributed by atoms with van der Waals surface area (Å²) < 4.78 is 5.56. The van der Waals surface area contributed by atoms with E-state index >= 15 is 0 Å². The molecule has 0 amide bonds. The number of carbonyl (C=O) groups is 2. The molecule has 2 aromatic rings. The lowest BCUT2D eigenvalue weighted by molar-refractivity contribution is -0.155. The van der Waals surface area contributed by atoms with Gasteiger partial charge in [-0.25, -0.2) is 0 Å². The molecule has 186 valence electrons. The second-order valence-corrected chi connectivity index (χ2v) is 9.07. The van der Waals surface area contributed by atoms with Gasteiger partial charge in [0.1, 0.15) is 6.61 Å². The van der Waals surface area contributed by atoms with E-state index in [2.05, 4.69) is 18.7 Å². The first-order valence-corrected chi connectivity index (χ1v) is 12.2. The van der Waals surface area contributed by atoms with Gasteiger partial charge >= 0.3 is 11.9 Å². The number of esters is 1. The number of carboxylic acids is 1. The monoisotopic (exact) mass is 487 g/mol. The van der Waals surface area contributed by atoms with E-state index in [-0.39, 0.29) is 23.8 Å². The molecule has 0 bridgehead atoms. The molecule has 2 aliphatic carbocycles. The van der Waals surface area contributed by atoms with E-state index in [9.17, 15) is 9.59 Å². The summed E-state index contributed by atoms with van der Waals surface area (Å²) in [6, 6.07) is 19.6. The predicted molar refractivity (Wildman–Crippen MR) is 138 cm³/mol. The van der Waals surface area contributed by atoms with E-state index in [0.29, 0.717) is 6.61 Å². The summed E-state index contributed by atoms with van der Waals surface area (Å²) in [7, 11) is 0. The second-order valence-electron chi connectivity index (χ2n) is 9.07. The summed E-state index contributed by atoms with van der Waals surface area (Å²) in [6.45, 7) is 7.57. The van der Waals surface area contributed by atoms with E-state index in [1.54, 1.807) is 0 Å². The third-order valence-corrected chi connectivity index (χ3v) is 7.40. The van der Waals surface area contributed by atoms with Crippen LogP contribution in [0.5, 0.6) is 0 Å². The Bertz CT molecular complexity index is 891. The van der Waals surface area contributed by atoms with Crippen LogP contribution in [-0.4, -0.2) is 48.2 Å². The zero-order valence-electron chi connectivity index (χ0n) is 20.4. The van der Waals surface area contributed by atoms with E-state index in [0.717, 1.165) is 69.3 Å². The number of likely N-dealkylation sites (N-methyl/N-ethyl adjacent to an activating group) is 1. The fraction of sp³-hybridized carbons (Fsp3) is 0.500. The van der Waals surface area contributed by atoms with Crippen LogP contribution < -0.4 is 0 Å². The van der Waals surface area contributed by atoms with Crippen molar-refractivity contribution in [1.82, 2.24) is 4.90 Å². The van der Waals surface area contributed by atoms with Crippen molar-refractivity contribution in [3.63, 3.8) is 0 Å². The smallest absolute Gasteiger partial charge is 0.316 e. The van der Waals surface area contributed by atoms with Crippen molar-refractivity contribution in [3.05, 3.63) is 71.8 Å². The van der Waals surface area contributed by atoms with E-state index in [4.69, 9.17) is 9.84 Å². The van der Waals surface area contributed by atoms with Crippen molar-refractivity contribution in [3.8, 4) is 0 Å². The number of carboxylic acid groups (broad SMARTS) is 1. The Balaban J connectivity index is 0.000000253. The number of hydrogen-bond donors (Lipinski definition) is 1. The molecule has 2 fully saturated rings. The van der Waals surface area contributed by atoms with Gasteiger partial charge in [0.15, 0.2) is 0 Å². The number of ether oxygens (including phenoxy) is 1. The molecular formula is C28H38ClNO4. The first-order chi connectivity index (χ1) is 16.0. The van der Waals surface area contributed by atoms with Crippen molar-refractivity contribution in [2.75, 3.05) is 26.2 Å². The molecule has 4 rings (SSSR count). The van der Waals surface area contributed by atoms with Gasteiger partial charge in [-0.1, -0.05) is 87.4 Å². The molecule has 0 aromatic heterocycles. The summed E-state index contributed by atoms with van der Waals surface area (Å²) in [5.41, 5.74) is 1.12. The zero-order chi connectivity index (χ0) is 23.7. The topological polar surface area (TPSA) is 66.8 Å². The maximum atomic E-state index is 12.5. The standard InChI is InChI=1S/C17H25NO2.C11H12O2.ClH/c1-3-18(4-2)13-14-20-16(19)17(11-8-12-17)15-9-6-5-7-10-15;12-10(13)11(7-4-8-11)9-5-2-1-3-6-9;/h5-7,9-10H,3-4,8,11-14H2,1-2H3;1-3,5-6H,4,7-8H2,(H,12,13);1H. The van der Waals surface area contributed by atoms with Gasteiger partial charge in [0, 0.05) is 6.54 Å². The third-order valence-electron chi connectivity index (χ3n) is 7.40. The minimum absolute atomic E-state index is 0. The van der Waals surface area contributed by atoms with Gasteiger partial charge in [-0.2, -0.15) is 0 Å². The molecule has 0 saturated heterocycles. The Labute approximate surface area is 209 Å². The lowest BCUT2D eigenvalue weighted by Crippen LogP contribution is -2.44. The van der Waals surface area contributed by atoms with E-state index < -0.39 is 11.4 Å². The fourth-order valence-electron chi connectivity index (χ4n) is 4.76. The molecule has 34 heavy (non-hydrogen) atoms. The molecule has 0 heterocycles.